The Hall–Kier alpha value is 1.59. The van der Waals surface area contributed by atoms with E-state index in [-0.39, 0.29) is 119 Å². The normalized spacial score (nSPS) is 11.5. The van der Waals surface area contributed by atoms with E-state index in [2.05, 4.69) is 0 Å². The van der Waals surface area contributed by atoms with E-state index in [1.807, 2.05) is 0 Å². The Kier molecular flexibility index (Phi) is 8.73. The van der Waals surface area contributed by atoms with Crippen LogP contribution in [0.3, 0.4) is 0 Å². The van der Waals surface area contributed by atoms with Crippen molar-refractivity contribution in [2.75, 3.05) is 5.73 Å². The first kappa shape index (κ1) is 22.6. The topological polar surface area (TPSA) is 140 Å². The number of nitrogens with two attached hydrogens (primary N) is 1. The minimum absolute atomic E-state index is 0. The van der Waals surface area contributed by atoms with Crippen LogP contribution in [0.5, 0.6) is 0 Å². The average molecular weight is 379 g/mol. The Balaban J connectivity index is 0.00000200. The van der Waals surface area contributed by atoms with Crippen LogP contribution < -0.4 is 109 Å². The van der Waals surface area contributed by atoms with Gasteiger partial charge < -0.3 is 14.8 Å². The molecule has 0 aliphatic heterocycles. The SMILES string of the molecule is Nc1ccc2ccc(S(=O)(=O)[O-])c(S(=O)(=O)[O-])c2c1.[K+].[K+]. The van der Waals surface area contributed by atoms with Crippen LogP contribution in [0.25, 0.3) is 10.8 Å². The van der Waals surface area contributed by atoms with Crippen molar-refractivity contribution in [3.8, 4) is 0 Å². The van der Waals surface area contributed by atoms with Gasteiger partial charge in [-0.1, -0.05) is 12.1 Å². The number of benzene rings is 2. The van der Waals surface area contributed by atoms with Gasteiger partial charge in [-0.05, 0) is 23.6 Å². The Bertz CT molecular complexity index is 880. The molecular weight excluding hydrogens is 372 g/mol. The van der Waals surface area contributed by atoms with E-state index in [4.69, 9.17) is 5.73 Å². The van der Waals surface area contributed by atoms with Gasteiger partial charge in [-0.3, -0.25) is 0 Å². The fourth-order valence-corrected chi connectivity index (χ4v) is 3.69. The van der Waals surface area contributed by atoms with Gasteiger partial charge in [0.15, 0.2) is 0 Å². The van der Waals surface area contributed by atoms with Gasteiger partial charge >= 0.3 is 103 Å². The Morgan fingerprint density at radius 2 is 1.38 bits per heavy atom. The number of hydrogen-bond acceptors (Lipinski definition) is 7. The summed E-state index contributed by atoms with van der Waals surface area (Å²) in [6.45, 7) is 0. The van der Waals surface area contributed by atoms with Gasteiger partial charge in [0, 0.05) is 11.1 Å². The molecule has 102 valence electrons. The minimum Gasteiger partial charge on any atom is -0.744 e. The molecule has 11 heteroatoms. The molecule has 0 spiro atoms. The van der Waals surface area contributed by atoms with E-state index in [9.17, 15) is 25.9 Å². The zero-order valence-electron chi connectivity index (χ0n) is 11.2. The number of fused-ring (bicyclic) bond motifs is 1. The van der Waals surface area contributed by atoms with Crippen molar-refractivity contribution in [3.05, 3.63) is 30.3 Å². The number of anilines is 1. The first-order valence-corrected chi connectivity index (χ1v) is 7.66. The van der Waals surface area contributed by atoms with Crippen LogP contribution in [0.15, 0.2) is 40.1 Å². The van der Waals surface area contributed by atoms with Gasteiger partial charge in [0.25, 0.3) is 0 Å². The molecule has 0 fully saturated rings. The molecule has 0 radical (unpaired) electrons. The van der Waals surface area contributed by atoms with Crippen molar-refractivity contribution in [1.29, 1.82) is 0 Å². The Labute approximate surface area is 207 Å². The molecule has 2 aromatic rings. The summed E-state index contributed by atoms with van der Waals surface area (Å²) in [7, 11) is -10.2. The molecule has 2 N–H and O–H groups in total. The zero-order valence-corrected chi connectivity index (χ0v) is 19.1. The predicted molar refractivity (Wildman–Crippen MR) is 64.3 cm³/mol. The van der Waals surface area contributed by atoms with E-state index in [1.54, 1.807) is 0 Å². The summed E-state index contributed by atoms with van der Waals surface area (Å²) in [4.78, 5) is -2.13. The molecule has 0 saturated heterocycles. The molecule has 0 atom stereocenters. The maximum absolute atomic E-state index is 11.2. The second kappa shape index (κ2) is 8.11. The van der Waals surface area contributed by atoms with Crippen molar-refractivity contribution in [1.82, 2.24) is 0 Å². The molecule has 2 aromatic carbocycles. The third-order valence-corrected chi connectivity index (χ3v) is 4.43. The van der Waals surface area contributed by atoms with Crippen LogP contribution in [0, 0.1) is 0 Å². The van der Waals surface area contributed by atoms with E-state index in [0.717, 1.165) is 12.1 Å². The summed E-state index contributed by atoms with van der Waals surface area (Å²) in [5.74, 6) is 0. The van der Waals surface area contributed by atoms with Crippen LogP contribution in [0.2, 0.25) is 0 Å². The van der Waals surface area contributed by atoms with E-state index >= 15 is 0 Å². The largest absolute Gasteiger partial charge is 1.00 e. The first-order valence-electron chi connectivity index (χ1n) is 4.85. The van der Waals surface area contributed by atoms with E-state index < -0.39 is 30.0 Å². The average Bonchev–Trinajstić information content (AvgIpc) is 2.24. The molecule has 0 amide bonds. The molecule has 0 saturated carbocycles. The summed E-state index contributed by atoms with van der Waals surface area (Å²) < 4.78 is 66.8. The summed E-state index contributed by atoms with van der Waals surface area (Å²) >= 11 is 0. The summed E-state index contributed by atoms with van der Waals surface area (Å²) in [5.41, 5.74) is 5.61. The molecule has 0 aliphatic rings. The molecule has 0 aliphatic carbocycles. The molecule has 0 bridgehead atoms. The van der Waals surface area contributed by atoms with Crippen LogP contribution in [0.1, 0.15) is 0 Å². The number of hydrogen-bond donors (Lipinski definition) is 1. The van der Waals surface area contributed by atoms with Crippen LogP contribution in [0.4, 0.5) is 5.69 Å². The third-order valence-electron chi connectivity index (χ3n) is 2.48. The van der Waals surface area contributed by atoms with Crippen molar-refractivity contribution in [3.63, 3.8) is 0 Å². The van der Waals surface area contributed by atoms with Crippen LogP contribution >= 0.6 is 0 Å². The summed E-state index contributed by atoms with van der Waals surface area (Å²) in [5, 5.41) is 0.1000. The molecule has 2 rings (SSSR count). The zero-order chi connectivity index (χ0) is 14.4. The monoisotopic (exact) mass is 379 g/mol. The maximum atomic E-state index is 11.2. The van der Waals surface area contributed by atoms with Gasteiger partial charge in [0.1, 0.15) is 20.2 Å². The summed E-state index contributed by atoms with van der Waals surface area (Å²) in [6.07, 6.45) is 0. The van der Waals surface area contributed by atoms with Gasteiger partial charge in [0.2, 0.25) is 0 Å². The first-order chi connectivity index (χ1) is 8.60. The van der Waals surface area contributed by atoms with Crippen LogP contribution in [-0.2, 0) is 20.2 Å². The van der Waals surface area contributed by atoms with Crippen molar-refractivity contribution >= 4 is 36.7 Å². The van der Waals surface area contributed by atoms with Gasteiger partial charge in [0.05, 0.1) is 9.79 Å². The van der Waals surface area contributed by atoms with Gasteiger partial charge in [-0.15, -0.1) is 0 Å². The minimum atomic E-state index is -5.14. The number of nitrogen functional groups attached to an aromatic ring is 1. The Morgan fingerprint density at radius 3 is 1.86 bits per heavy atom. The van der Waals surface area contributed by atoms with Crippen LogP contribution in [-0.4, -0.2) is 25.9 Å². The molecular formula is C10H7K2NO6S2. The fourth-order valence-electron chi connectivity index (χ4n) is 1.74. The number of rotatable bonds is 2. The van der Waals surface area contributed by atoms with E-state index in [0.29, 0.717) is 0 Å². The van der Waals surface area contributed by atoms with Crippen molar-refractivity contribution < 1.29 is 129 Å². The van der Waals surface area contributed by atoms with Gasteiger partial charge in [-0.2, -0.15) is 0 Å². The second-order valence-corrected chi connectivity index (χ2v) is 6.45. The molecule has 21 heavy (non-hydrogen) atoms. The molecule has 7 nitrogen and oxygen atoms in total. The van der Waals surface area contributed by atoms with Crippen molar-refractivity contribution in [2.24, 2.45) is 0 Å². The smallest absolute Gasteiger partial charge is 0.744 e. The molecule has 0 aromatic heterocycles. The Morgan fingerprint density at radius 1 is 0.857 bits per heavy atom. The standard InChI is InChI=1S/C10H9NO6S2.2K/c11-7-3-1-6-2-4-9(18(12,13)14)10(8(6)5-7)19(15,16)17;;/h1-5H,11H2,(H,12,13,14)(H,15,16,17);;/q;2*+1/p-2. The predicted octanol–water partition coefficient (Wildman–Crippen LogP) is -5.76. The quantitative estimate of drug-likeness (QED) is 0.311. The molecule has 0 unspecified atom stereocenters. The van der Waals surface area contributed by atoms with E-state index in [1.165, 1.54) is 18.2 Å². The fraction of sp³-hybridized carbons (Fsp3) is 0. The summed E-state index contributed by atoms with van der Waals surface area (Å²) in [6, 6.07) is 6.03. The third kappa shape index (κ3) is 5.29. The molecule has 0 heterocycles. The second-order valence-electron chi connectivity index (χ2n) is 3.78. The maximum Gasteiger partial charge on any atom is 1.00 e. The van der Waals surface area contributed by atoms with Crippen molar-refractivity contribution in [2.45, 2.75) is 9.79 Å². The van der Waals surface area contributed by atoms with Gasteiger partial charge in [-0.25, -0.2) is 16.8 Å².